The Morgan fingerprint density at radius 2 is 2.14 bits per heavy atom. The second-order valence-electron chi connectivity index (χ2n) is 6.65. The van der Waals surface area contributed by atoms with E-state index in [1.807, 2.05) is 4.40 Å². The number of anilines is 1. The highest BCUT2D eigenvalue weighted by molar-refractivity contribution is 6.30. The number of amides is 1. The van der Waals surface area contributed by atoms with Gasteiger partial charge >= 0.3 is 0 Å². The Balaban J connectivity index is 1.26. The molecule has 146 valence electrons. The van der Waals surface area contributed by atoms with Gasteiger partial charge in [0.25, 0.3) is 17.6 Å². The molecular formula is C18H15ClN8O2. The van der Waals surface area contributed by atoms with Crippen LogP contribution < -0.4 is 10.2 Å². The van der Waals surface area contributed by atoms with Crippen LogP contribution in [0.15, 0.2) is 47.5 Å². The van der Waals surface area contributed by atoms with Gasteiger partial charge in [-0.3, -0.25) is 9.20 Å². The molecule has 29 heavy (non-hydrogen) atoms. The van der Waals surface area contributed by atoms with Crippen LogP contribution in [0.3, 0.4) is 0 Å². The van der Waals surface area contributed by atoms with Gasteiger partial charge in [0, 0.05) is 42.1 Å². The van der Waals surface area contributed by atoms with Gasteiger partial charge in [0.1, 0.15) is 6.33 Å². The van der Waals surface area contributed by atoms with Crippen LogP contribution in [-0.4, -0.2) is 54.8 Å². The van der Waals surface area contributed by atoms with E-state index in [9.17, 15) is 4.79 Å². The molecule has 1 aromatic carbocycles. The van der Waals surface area contributed by atoms with Crippen LogP contribution in [-0.2, 0) is 0 Å². The van der Waals surface area contributed by atoms with Crippen molar-refractivity contribution in [2.24, 2.45) is 0 Å². The third-order valence-electron chi connectivity index (χ3n) is 4.74. The molecule has 0 spiro atoms. The van der Waals surface area contributed by atoms with E-state index in [2.05, 4.69) is 35.5 Å². The SMILES string of the molecule is O=C(N[C@H]1CCN(c2nccn3cnnc23)C1)c1noc(-c2ccc(Cl)cc2)n1. The zero-order valence-electron chi connectivity index (χ0n) is 15.1. The molecule has 4 aromatic rings. The number of hydrogen-bond donors (Lipinski definition) is 1. The van der Waals surface area contributed by atoms with Gasteiger partial charge in [-0.05, 0) is 30.7 Å². The summed E-state index contributed by atoms with van der Waals surface area (Å²) < 4.78 is 7.01. The van der Waals surface area contributed by atoms with Crippen molar-refractivity contribution < 1.29 is 9.32 Å². The first-order valence-corrected chi connectivity index (χ1v) is 9.35. The van der Waals surface area contributed by atoms with Gasteiger partial charge in [-0.2, -0.15) is 4.98 Å². The van der Waals surface area contributed by atoms with Crippen LogP contribution in [0.4, 0.5) is 5.82 Å². The van der Waals surface area contributed by atoms with E-state index in [1.165, 1.54) is 0 Å². The van der Waals surface area contributed by atoms with Crippen molar-refractivity contribution in [3.63, 3.8) is 0 Å². The number of rotatable bonds is 4. The number of benzene rings is 1. The number of carbonyl (C=O) groups is 1. The molecule has 1 saturated heterocycles. The summed E-state index contributed by atoms with van der Waals surface area (Å²) in [6.07, 6.45) is 5.90. The van der Waals surface area contributed by atoms with Crippen molar-refractivity contribution in [3.05, 3.63) is 53.8 Å². The number of fused-ring (bicyclic) bond motifs is 1. The third kappa shape index (κ3) is 3.38. The van der Waals surface area contributed by atoms with Gasteiger partial charge in [0.05, 0.1) is 0 Å². The number of aromatic nitrogens is 6. The number of nitrogens with zero attached hydrogens (tertiary/aromatic N) is 7. The molecule has 4 heterocycles. The number of nitrogens with one attached hydrogen (secondary N) is 1. The van der Waals surface area contributed by atoms with E-state index in [1.54, 1.807) is 43.0 Å². The average Bonchev–Trinajstić information content (AvgIpc) is 3.48. The zero-order chi connectivity index (χ0) is 19.8. The van der Waals surface area contributed by atoms with E-state index < -0.39 is 0 Å². The molecule has 1 aliphatic rings. The summed E-state index contributed by atoms with van der Waals surface area (Å²) in [4.78, 5) is 23.2. The molecule has 1 atom stereocenters. The van der Waals surface area contributed by atoms with Gasteiger partial charge in [0.15, 0.2) is 5.82 Å². The molecule has 1 fully saturated rings. The smallest absolute Gasteiger partial charge is 0.292 e. The number of halogens is 1. The minimum Gasteiger partial charge on any atom is -0.351 e. The fraction of sp³-hybridized carbons (Fsp3) is 0.222. The Hall–Kier alpha value is -3.53. The Morgan fingerprint density at radius 1 is 1.28 bits per heavy atom. The lowest BCUT2D eigenvalue weighted by atomic mass is 10.2. The molecular weight excluding hydrogens is 396 g/mol. The maximum Gasteiger partial charge on any atom is 0.292 e. The number of hydrogen-bond acceptors (Lipinski definition) is 8. The minimum atomic E-state index is -0.380. The highest BCUT2D eigenvalue weighted by Crippen LogP contribution is 2.22. The maximum atomic E-state index is 12.5. The van der Waals surface area contributed by atoms with Crippen molar-refractivity contribution in [2.45, 2.75) is 12.5 Å². The summed E-state index contributed by atoms with van der Waals surface area (Å²) >= 11 is 5.88. The summed E-state index contributed by atoms with van der Waals surface area (Å²) in [6.45, 7) is 1.35. The first kappa shape index (κ1) is 17.6. The summed E-state index contributed by atoms with van der Waals surface area (Å²) in [5, 5.41) is 15.4. The molecule has 0 bridgehead atoms. The van der Waals surface area contributed by atoms with E-state index in [0.29, 0.717) is 22.8 Å². The fourth-order valence-electron chi connectivity index (χ4n) is 3.31. The van der Waals surface area contributed by atoms with E-state index in [4.69, 9.17) is 16.1 Å². The molecule has 10 nitrogen and oxygen atoms in total. The van der Waals surface area contributed by atoms with Gasteiger partial charge in [-0.1, -0.05) is 16.8 Å². The van der Waals surface area contributed by atoms with Crippen LogP contribution >= 0.6 is 11.6 Å². The van der Waals surface area contributed by atoms with Crippen LogP contribution in [0.2, 0.25) is 5.02 Å². The molecule has 0 unspecified atom stereocenters. The van der Waals surface area contributed by atoms with Crippen molar-refractivity contribution in [1.82, 2.24) is 35.0 Å². The van der Waals surface area contributed by atoms with Gasteiger partial charge < -0.3 is 14.7 Å². The Bertz CT molecular complexity index is 1170. The molecule has 5 rings (SSSR count). The fourth-order valence-corrected chi connectivity index (χ4v) is 3.44. The molecule has 0 aliphatic carbocycles. The van der Waals surface area contributed by atoms with Crippen molar-refractivity contribution in [1.29, 1.82) is 0 Å². The molecule has 3 aromatic heterocycles. The molecule has 1 N–H and O–H groups in total. The Kier molecular flexibility index (Phi) is 4.32. The Labute approximate surface area is 169 Å². The third-order valence-corrected chi connectivity index (χ3v) is 4.99. The van der Waals surface area contributed by atoms with Crippen LogP contribution in [0.25, 0.3) is 17.1 Å². The van der Waals surface area contributed by atoms with Gasteiger partial charge in [-0.25, -0.2) is 4.98 Å². The highest BCUT2D eigenvalue weighted by Gasteiger charge is 2.28. The van der Waals surface area contributed by atoms with Crippen LogP contribution in [0.1, 0.15) is 17.0 Å². The molecule has 1 aliphatic heterocycles. The van der Waals surface area contributed by atoms with Gasteiger partial charge in [-0.15, -0.1) is 10.2 Å². The maximum absolute atomic E-state index is 12.5. The predicted molar refractivity (Wildman–Crippen MR) is 104 cm³/mol. The number of carbonyl (C=O) groups excluding carboxylic acids is 1. The standard InChI is InChI=1S/C18H15ClN8O2/c19-12-3-1-11(2-4-12)18-23-14(25-29-18)17(28)22-13-5-7-26(9-13)15-16-24-21-10-27(16)8-6-20-15/h1-4,6,8,10,13H,5,7,9H2,(H,22,28)/t13-/m0/s1. The first-order valence-electron chi connectivity index (χ1n) is 8.97. The van der Waals surface area contributed by atoms with E-state index in [0.717, 1.165) is 18.8 Å². The van der Waals surface area contributed by atoms with Crippen molar-refractivity contribution in [2.75, 3.05) is 18.0 Å². The minimum absolute atomic E-state index is 0.00826. The largest absolute Gasteiger partial charge is 0.351 e. The van der Waals surface area contributed by atoms with Crippen LogP contribution in [0, 0.1) is 0 Å². The molecule has 11 heteroatoms. The van der Waals surface area contributed by atoms with Crippen LogP contribution in [0.5, 0.6) is 0 Å². The lowest BCUT2D eigenvalue weighted by Crippen LogP contribution is -2.37. The second-order valence-corrected chi connectivity index (χ2v) is 7.08. The average molecular weight is 411 g/mol. The second kappa shape index (κ2) is 7.13. The Morgan fingerprint density at radius 3 is 3.00 bits per heavy atom. The van der Waals surface area contributed by atoms with Crippen molar-refractivity contribution >= 4 is 29.0 Å². The molecule has 0 radical (unpaired) electrons. The first-order chi connectivity index (χ1) is 14.2. The molecule has 1 amide bonds. The predicted octanol–water partition coefficient (Wildman–Crippen LogP) is 1.84. The topological polar surface area (TPSA) is 114 Å². The lowest BCUT2D eigenvalue weighted by Gasteiger charge is -2.17. The van der Waals surface area contributed by atoms with E-state index >= 15 is 0 Å². The normalized spacial score (nSPS) is 16.4. The monoisotopic (exact) mass is 410 g/mol. The summed E-state index contributed by atoms with van der Waals surface area (Å²) in [6, 6.07) is 6.88. The highest BCUT2D eigenvalue weighted by atomic mass is 35.5. The zero-order valence-corrected chi connectivity index (χ0v) is 15.8. The van der Waals surface area contributed by atoms with E-state index in [-0.39, 0.29) is 23.7 Å². The summed E-state index contributed by atoms with van der Waals surface area (Å²) in [7, 11) is 0. The van der Waals surface area contributed by atoms with Gasteiger partial charge in [0.2, 0.25) is 5.65 Å². The summed E-state index contributed by atoms with van der Waals surface area (Å²) in [5.74, 6) is 0.620. The molecule has 0 saturated carbocycles. The van der Waals surface area contributed by atoms with Crippen molar-refractivity contribution in [3.8, 4) is 11.5 Å². The lowest BCUT2D eigenvalue weighted by molar-refractivity contribution is 0.0927. The summed E-state index contributed by atoms with van der Waals surface area (Å²) in [5.41, 5.74) is 1.38. The quantitative estimate of drug-likeness (QED) is 0.542.